The van der Waals surface area contributed by atoms with E-state index in [2.05, 4.69) is 6.58 Å². The van der Waals surface area contributed by atoms with Crippen LogP contribution in [-0.4, -0.2) is 58.8 Å². The first-order chi connectivity index (χ1) is 7.54. The zero-order valence-corrected chi connectivity index (χ0v) is 9.09. The van der Waals surface area contributed by atoms with Crippen LogP contribution in [0, 0.1) is 5.41 Å². The third kappa shape index (κ3) is 1.68. The summed E-state index contributed by atoms with van der Waals surface area (Å²) in [6.45, 7) is 5.80. The summed E-state index contributed by atoms with van der Waals surface area (Å²) < 4.78 is 10.7. The molecule has 0 saturated carbocycles. The molecular formula is C10H16N2O4. The Bertz CT molecular complexity index is 320. The van der Waals surface area contributed by atoms with Gasteiger partial charge in [-0.25, -0.2) is 0 Å². The molecule has 2 aliphatic rings. The van der Waals surface area contributed by atoms with Gasteiger partial charge in [-0.15, -0.1) is 0 Å². The molecule has 0 unspecified atom stereocenters. The third-order valence-electron chi connectivity index (χ3n) is 2.75. The molecule has 2 heterocycles. The highest BCUT2D eigenvalue weighted by atomic mass is 16.6. The van der Waals surface area contributed by atoms with Crippen molar-refractivity contribution in [3.8, 4) is 0 Å². The Kier molecular flexibility index (Phi) is 2.88. The van der Waals surface area contributed by atoms with Crippen molar-refractivity contribution in [1.82, 2.24) is 4.90 Å². The van der Waals surface area contributed by atoms with Crippen LogP contribution < -0.4 is 0 Å². The minimum absolute atomic E-state index is 0.0200. The molecule has 3 N–H and O–H groups in total. The molecule has 0 bridgehead atoms. The van der Waals surface area contributed by atoms with Gasteiger partial charge in [-0.1, -0.05) is 12.2 Å². The molecule has 2 aliphatic heterocycles. The topological polar surface area (TPSA) is 86.0 Å². The van der Waals surface area contributed by atoms with E-state index in [1.807, 2.05) is 6.92 Å². The molecule has 2 rings (SSSR count). The molecule has 0 radical (unpaired) electrons. The van der Waals surface area contributed by atoms with Gasteiger partial charge < -0.3 is 19.7 Å². The number of nitrogens with zero attached hydrogens (tertiary/aromatic N) is 1. The highest BCUT2D eigenvalue weighted by Crippen LogP contribution is 2.32. The maximum absolute atomic E-state index is 9.77. The van der Waals surface area contributed by atoms with E-state index in [0.29, 0.717) is 6.54 Å². The van der Waals surface area contributed by atoms with Crippen LogP contribution in [-0.2, 0) is 9.47 Å². The molecule has 0 spiro atoms. The summed E-state index contributed by atoms with van der Waals surface area (Å²) in [5.74, 6) is 0. The maximum atomic E-state index is 9.77. The fourth-order valence-electron chi connectivity index (χ4n) is 2.01. The van der Waals surface area contributed by atoms with Crippen molar-refractivity contribution in [3.05, 3.63) is 12.2 Å². The average molecular weight is 228 g/mol. The van der Waals surface area contributed by atoms with Crippen LogP contribution in [0.1, 0.15) is 6.92 Å². The lowest BCUT2D eigenvalue weighted by molar-refractivity contribution is -0.0544. The van der Waals surface area contributed by atoms with Gasteiger partial charge in [0.25, 0.3) is 6.02 Å². The molecule has 6 nitrogen and oxygen atoms in total. The number of rotatable bonds is 3. The number of ether oxygens (including phenoxy) is 2. The Balaban J connectivity index is 2.12. The van der Waals surface area contributed by atoms with Crippen molar-refractivity contribution in [3.63, 3.8) is 0 Å². The van der Waals surface area contributed by atoms with E-state index in [1.165, 1.54) is 0 Å². The minimum Gasteiger partial charge on any atom is -0.454 e. The Hall–Kier alpha value is -1.11. The molecule has 4 atom stereocenters. The second kappa shape index (κ2) is 4.04. The van der Waals surface area contributed by atoms with Crippen LogP contribution in [0.2, 0.25) is 0 Å². The first-order valence-electron chi connectivity index (χ1n) is 5.15. The lowest BCUT2D eigenvalue weighted by atomic mass is 10.1. The van der Waals surface area contributed by atoms with Crippen molar-refractivity contribution >= 4 is 6.02 Å². The van der Waals surface area contributed by atoms with Crippen molar-refractivity contribution in [1.29, 1.82) is 5.41 Å². The molecule has 2 fully saturated rings. The monoisotopic (exact) mass is 228 g/mol. The van der Waals surface area contributed by atoms with E-state index in [9.17, 15) is 5.11 Å². The minimum atomic E-state index is -0.898. The zero-order valence-electron chi connectivity index (χ0n) is 9.09. The fraction of sp³-hybridized carbons (Fsp3) is 0.700. The summed E-state index contributed by atoms with van der Waals surface area (Å²) in [7, 11) is 0. The fourth-order valence-corrected chi connectivity index (χ4v) is 2.01. The van der Waals surface area contributed by atoms with Crippen LogP contribution in [0.15, 0.2) is 12.2 Å². The number of hydrogen-bond acceptors (Lipinski definition) is 5. The molecule has 0 aromatic heterocycles. The predicted octanol–water partition coefficient (Wildman–Crippen LogP) is -0.724. The Morgan fingerprint density at radius 3 is 2.88 bits per heavy atom. The Morgan fingerprint density at radius 1 is 1.62 bits per heavy atom. The molecule has 0 aromatic rings. The highest BCUT2D eigenvalue weighted by molar-refractivity contribution is 5.73. The molecule has 0 amide bonds. The van der Waals surface area contributed by atoms with Gasteiger partial charge in [-0.2, -0.15) is 0 Å². The van der Waals surface area contributed by atoms with E-state index in [0.717, 1.165) is 5.57 Å². The van der Waals surface area contributed by atoms with Crippen LogP contribution in [0.3, 0.4) is 0 Å². The van der Waals surface area contributed by atoms with E-state index in [-0.39, 0.29) is 12.6 Å². The van der Waals surface area contributed by atoms with E-state index >= 15 is 0 Å². The lowest BCUT2D eigenvalue weighted by Crippen LogP contribution is -2.37. The Labute approximate surface area is 93.6 Å². The average Bonchev–Trinajstić information content (AvgIpc) is 2.67. The predicted molar refractivity (Wildman–Crippen MR) is 55.9 cm³/mol. The molecule has 2 saturated heterocycles. The third-order valence-corrected chi connectivity index (χ3v) is 2.75. The summed E-state index contributed by atoms with van der Waals surface area (Å²) in [6, 6.07) is -0.0200. The van der Waals surface area contributed by atoms with Crippen molar-refractivity contribution < 1.29 is 19.7 Å². The van der Waals surface area contributed by atoms with Crippen molar-refractivity contribution in [2.75, 3.05) is 13.2 Å². The van der Waals surface area contributed by atoms with Gasteiger partial charge >= 0.3 is 0 Å². The van der Waals surface area contributed by atoms with E-state index in [4.69, 9.17) is 20.0 Å². The van der Waals surface area contributed by atoms with E-state index in [1.54, 1.807) is 4.90 Å². The summed E-state index contributed by atoms with van der Waals surface area (Å²) in [6.07, 6.45) is -2.64. The summed E-state index contributed by atoms with van der Waals surface area (Å²) >= 11 is 0. The van der Waals surface area contributed by atoms with Gasteiger partial charge in [-0.05, 0) is 6.92 Å². The molecule has 0 aromatic carbocycles. The van der Waals surface area contributed by atoms with Gasteiger partial charge in [0.2, 0.25) is 0 Å². The zero-order chi connectivity index (χ0) is 11.9. The lowest BCUT2D eigenvalue weighted by Gasteiger charge is -2.22. The quantitative estimate of drug-likeness (QED) is 0.555. The first kappa shape index (κ1) is 11.4. The van der Waals surface area contributed by atoms with Gasteiger partial charge in [0.1, 0.15) is 12.2 Å². The number of nitrogens with one attached hydrogen (secondary N) is 1. The van der Waals surface area contributed by atoms with E-state index < -0.39 is 24.5 Å². The van der Waals surface area contributed by atoms with Gasteiger partial charge in [0.15, 0.2) is 12.3 Å². The van der Waals surface area contributed by atoms with Gasteiger partial charge in [0, 0.05) is 6.54 Å². The number of fused-ring (bicyclic) bond motifs is 1. The maximum Gasteiger partial charge on any atom is 0.287 e. The summed E-state index contributed by atoms with van der Waals surface area (Å²) in [5.41, 5.74) is 0.875. The standard InChI is InChI=1S/C10H16N2O4/c1-5(2)3-12-9-8(16-10(12)11)7(14)6(4-13)15-9/h6-9,11,13-14H,1,3-4H2,2H3/t6-,7-,8+,9-/m0/s1. The van der Waals surface area contributed by atoms with Gasteiger partial charge in [-0.3, -0.25) is 10.3 Å². The first-order valence-corrected chi connectivity index (χ1v) is 5.15. The normalized spacial score (nSPS) is 37.4. The van der Waals surface area contributed by atoms with Gasteiger partial charge in [0.05, 0.1) is 6.61 Å². The molecule has 90 valence electrons. The van der Waals surface area contributed by atoms with Crippen molar-refractivity contribution in [2.45, 2.75) is 31.5 Å². The molecule has 6 heteroatoms. The summed E-state index contributed by atoms with van der Waals surface area (Å²) in [5, 5.41) is 26.4. The second-order valence-electron chi connectivity index (χ2n) is 4.21. The molecule has 0 aliphatic carbocycles. The number of aliphatic hydroxyl groups excluding tert-OH is 2. The largest absolute Gasteiger partial charge is 0.454 e. The second-order valence-corrected chi connectivity index (χ2v) is 4.21. The van der Waals surface area contributed by atoms with Crippen LogP contribution >= 0.6 is 0 Å². The van der Waals surface area contributed by atoms with Crippen LogP contribution in [0.25, 0.3) is 0 Å². The number of amidine groups is 1. The SMILES string of the molecule is C=C(C)CN1C(=N)O[C@@H]2[C@@H](O)[C@H](CO)O[C@@H]21. The van der Waals surface area contributed by atoms with Crippen molar-refractivity contribution in [2.24, 2.45) is 0 Å². The molecule has 16 heavy (non-hydrogen) atoms. The Morgan fingerprint density at radius 2 is 2.31 bits per heavy atom. The van der Waals surface area contributed by atoms with Crippen LogP contribution in [0.5, 0.6) is 0 Å². The number of aliphatic hydroxyl groups is 2. The summed E-state index contributed by atoms with van der Waals surface area (Å²) in [4.78, 5) is 1.59. The number of hydrogen-bond donors (Lipinski definition) is 3. The van der Waals surface area contributed by atoms with Crippen LogP contribution in [0.4, 0.5) is 0 Å². The molecular weight excluding hydrogens is 212 g/mol. The smallest absolute Gasteiger partial charge is 0.287 e. The highest BCUT2D eigenvalue weighted by Gasteiger charge is 2.53.